The third kappa shape index (κ3) is 4.62. The van der Waals surface area contributed by atoms with Gasteiger partial charge < -0.3 is 19.7 Å². The van der Waals surface area contributed by atoms with Crippen molar-refractivity contribution in [2.24, 2.45) is 5.92 Å². The van der Waals surface area contributed by atoms with E-state index in [-0.39, 0.29) is 6.10 Å². The minimum Gasteiger partial charge on any atom is -0.383 e. The zero-order valence-corrected chi connectivity index (χ0v) is 13.2. The lowest BCUT2D eigenvalue weighted by atomic mass is 9.96. The lowest BCUT2D eigenvalue weighted by molar-refractivity contribution is 0.0494. The third-order valence-electron chi connectivity index (χ3n) is 3.98. The molecule has 1 aromatic rings. The van der Waals surface area contributed by atoms with Gasteiger partial charge in [-0.3, -0.25) is 0 Å². The van der Waals surface area contributed by atoms with Gasteiger partial charge in [-0.15, -0.1) is 0 Å². The maximum atomic E-state index is 5.54. The molecule has 2 heterocycles. The number of rotatable bonds is 7. The Kier molecular flexibility index (Phi) is 6.35. The Morgan fingerprint density at radius 2 is 2.10 bits per heavy atom. The Morgan fingerprint density at radius 3 is 2.76 bits per heavy atom. The minimum atomic E-state index is 0.262. The molecule has 21 heavy (non-hydrogen) atoms. The van der Waals surface area contributed by atoms with Gasteiger partial charge in [0.2, 0.25) is 5.95 Å². The van der Waals surface area contributed by atoms with Crippen molar-refractivity contribution >= 4 is 5.95 Å². The summed E-state index contributed by atoms with van der Waals surface area (Å²) in [7, 11) is 3.48. The third-order valence-corrected chi connectivity index (χ3v) is 3.98. The number of nitrogens with zero attached hydrogens (tertiary/aromatic N) is 3. The highest BCUT2D eigenvalue weighted by molar-refractivity contribution is 5.31. The molecule has 0 aromatic carbocycles. The number of anilines is 1. The van der Waals surface area contributed by atoms with E-state index in [1.807, 2.05) is 12.4 Å². The van der Waals surface area contributed by atoms with Crippen LogP contribution in [0.25, 0.3) is 0 Å². The van der Waals surface area contributed by atoms with Crippen molar-refractivity contribution < 1.29 is 9.47 Å². The molecule has 2 rings (SSSR count). The molecule has 118 valence electrons. The lowest BCUT2D eigenvalue weighted by Crippen LogP contribution is -2.44. The Hall–Kier alpha value is -1.24. The summed E-state index contributed by atoms with van der Waals surface area (Å²) in [5.74, 6) is 1.39. The summed E-state index contributed by atoms with van der Waals surface area (Å²) in [5, 5.41) is 3.28. The number of hydrogen-bond acceptors (Lipinski definition) is 6. The first-order valence-electron chi connectivity index (χ1n) is 7.53. The van der Waals surface area contributed by atoms with Crippen molar-refractivity contribution in [1.29, 1.82) is 0 Å². The second-order valence-electron chi connectivity index (χ2n) is 5.55. The number of ether oxygens (including phenoxy) is 2. The minimum absolute atomic E-state index is 0.262. The molecule has 1 aromatic heterocycles. The van der Waals surface area contributed by atoms with Crippen molar-refractivity contribution in [1.82, 2.24) is 15.3 Å². The number of nitrogens with one attached hydrogen (secondary N) is 1. The summed E-state index contributed by atoms with van der Waals surface area (Å²) < 4.78 is 10.5. The summed E-state index contributed by atoms with van der Waals surface area (Å²) in [6, 6.07) is 0. The summed E-state index contributed by atoms with van der Waals surface area (Å²) in [5.41, 5.74) is 1.09. The van der Waals surface area contributed by atoms with Gasteiger partial charge in [0.05, 0.1) is 12.7 Å². The predicted molar refractivity (Wildman–Crippen MR) is 82.4 cm³/mol. The first kappa shape index (κ1) is 16.1. The van der Waals surface area contributed by atoms with Crippen LogP contribution in [0.15, 0.2) is 12.4 Å². The molecule has 0 spiro atoms. The number of piperidine rings is 1. The average Bonchev–Trinajstić information content (AvgIpc) is 2.53. The van der Waals surface area contributed by atoms with Gasteiger partial charge >= 0.3 is 0 Å². The first-order chi connectivity index (χ1) is 10.2. The van der Waals surface area contributed by atoms with Crippen LogP contribution in [0.1, 0.15) is 18.9 Å². The predicted octanol–water partition coefficient (Wildman–Crippen LogP) is 1.07. The Morgan fingerprint density at radius 1 is 1.33 bits per heavy atom. The van der Waals surface area contributed by atoms with Crippen molar-refractivity contribution in [2.75, 3.05) is 45.4 Å². The molecule has 1 aliphatic heterocycles. The Labute approximate surface area is 126 Å². The second kappa shape index (κ2) is 8.26. The summed E-state index contributed by atoms with van der Waals surface area (Å²) in [6.07, 6.45) is 5.16. The van der Waals surface area contributed by atoms with Gasteiger partial charge in [-0.25, -0.2) is 9.97 Å². The molecule has 2 unspecified atom stereocenters. The second-order valence-corrected chi connectivity index (χ2v) is 5.55. The first-order valence-corrected chi connectivity index (χ1v) is 7.53. The van der Waals surface area contributed by atoms with Gasteiger partial charge in [-0.1, -0.05) is 6.92 Å². The van der Waals surface area contributed by atoms with Crippen molar-refractivity contribution in [3.63, 3.8) is 0 Å². The maximum Gasteiger partial charge on any atom is 0.225 e. The van der Waals surface area contributed by atoms with Gasteiger partial charge in [-0.05, 0) is 12.3 Å². The van der Waals surface area contributed by atoms with E-state index >= 15 is 0 Å². The van der Waals surface area contributed by atoms with E-state index in [2.05, 4.69) is 27.1 Å². The normalized spacial score (nSPS) is 22.5. The molecule has 0 aliphatic carbocycles. The van der Waals surface area contributed by atoms with Crippen LogP contribution in [0.4, 0.5) is 5.95 Å². The molecule has 0 amide bonds. The highest BCUT2D eigenvalue weighted by Crippen LogP contribution is 2.22. The van der Waals surface area contributed by atoms with E-state index in [0.717, 1.165) is 44.1 Å². The molecule has 0 saturated carbocycles. The number of aromatic nitrogens is 2. The van der Waals surface area contributed by atoms with Gasteiger partial charge in [-0.2, -0.15) is 0 Å². The van der Waals surface area contributed by atoms with Crippen LogP contribution < -0.4 is 10.2 Å². The quantitative estimate of drug-likeness (QED) is 0.759. The molecule has 1 aliphatic rings. The monoisotopic (exact) mass is 294 g/mol. The highest BCUT2D eigenvalue weighted by atomic mass is 16.5. The molecule has 2 atom stereocenters. The lowest BCUT2D eigenvalue weighted by Gasteiger charge is -2.36. The molecule has 1 N–H and O–H groups in total. The van der Waals surface area contributed by atoms with Crippen molar-refractivity contribution in [3.8, 4) is 0 Å². The highest BCUT2D eigenvalue weighted by Gasteiger charge is 2.27. The van der Waals surface area contributed by atoms with E-state index in [0.29, 0.717) is 12.5 Å². The molecule has 0 bridgehead atoms. The summed E-state index contributed by atoms with van der Waals surface area (Å²) >= 11 is 0. The van der Waals surface area contributed by atoms with Gasteiger partial charge in [0.1, 0.15) is 0 Å². The SMILES string of the molecule is COCCNCc1cnc(N2CCC(C)C(OC)C2)nc1. The fourth-order valence-corrected chi connectivity index (χ4v) is 2.53. The molecule has 1 fully saturated rings. The van der Waals surface area contributed by atoms with Crippen molar-refractivity contribution in [3.05, 3.63) is 18.0 Å². The van der Waals surface area contributed by atoms with E-state index < -0.39 is 0 Å². The van der Waals surface area contributed by atoms with Crippen LogP contribution in [0.5, 0.6) is 0 Å². The summed E-state index contributed by atoms with van der Waals surface area (Å²) in [6.45, 7) is 6.40. The molecule has 6 nitrogen and oxygen atoms in total. The number of methoxy groups -OCH3 is 2. The van der Waals surface area contributed by atoms with Crippen molar-refractivity contribution in [2.45, 2.75) is 26.0 Å². The zero-order valence-electron chi connectivity index (χ0n) is 13.2. The van der Waals surface area contributed by atoms with Crippen LogP contribution in [0, 0.1) is 5.92 Å². The van der Waals surface area contributed by atoms with E-state index in [9.17, 15) is 0 Å². The fourth-order valence-electron chi connectivity index (χ4n) is 2.53. The van der Waals surface area contributed by atoms with Crippen LogP contribution >= 0.6 is 0 Å². The Bertz CT molecular complexity index is 413. The topological polar surface area (TPSA) is 59.5 Å². The smallest absolute Gasteiger partial charge is 0.225 e. The molecule has 6 heteroatoms. The van der Waals surface area contributed by atoms with Crippen LogP contribution in [-0.2, 0) is 16.0 Å². The van der Waals surface area contributed by atoms with E-state index in [4.69, 9.17) is 9.47 Å². The van der Waals surface area contributed by atoms with Crippen LogP contribution in [-0.4, -0.2) is 56.5 Å². The van der Waals surface area contributed by atoms with Gasteiger partial charge in [0, 0.05) is 58.4 Å². The molecular weight excluding hydrogens is 268 g/mol. The molecule has 0 radical (unpaired) electrons. The largest absolute Gasteiger partial charge is 0.383 e. The Balaban J connectivity index is 1.86. The van der Waals surface area contributed by atoms with E-state index in [1.54, 1.807) is 14.2 Å². The fraction of sp³-hybridized carbons (Fsp3) is 0.733. The maximum absolute atomic E-state index is 5.54. The van der Waals surface area contributed by atoms with Crippen LogP contribution in [0.3, 0.4) is 0 Å². The number of hydrogen-bond donors (Lipinski definition) is 1. The van der Waals surface area contributed by atoms with Gasteiger partial charge in [0.15, 0.2) is 0 Å². The average molecular weight is 294 g/mol. The molecule has 1 saturated heterocycles. The van der Waals surface area contributed by atoms with Crippen LogP contribution in [0.2, 0.25) is 0 Å². The standard InChI is InChI=1S/C15H26N4O2/c1-12-4-6-19(11-14(12)21-3)15-17-9-13(10-18-15)8-16-5-7-20-2/h9-10,12,14,16H,4-8,11H2,1-3H3. The van der Waals surface area contributed by atoms with Gasteiger partial charge in [0.25, 0.3) is 0 Å². The molecular formula is C15H26N4O2. The zero-order chi connectivity index (χ0) is 15.1. The van der Waals surface area contributed by atoms with E-state index in [1.165, 1.54) is 0 Å². The summed E-state index contributed by atoms with van der Waals surface area (Å²) in [4.78, 5) is 11.2.